The molecule has 0 radical (unpaired) electrons. The minimum Gasteiger partial charge on any atom is -0.459 e. The van der Waals surface area contributed by atoms with E-state index in [-0.39, 0.29) is 12.1 Å². The van der Waals surface area contributed by atoms with Gasteiger partial charge in [0.15, 0.2) is 0 Å². The van der Waals surface area contributed by atoms with Crippen LogP contribution in [0, 0.1) is 0 Å². The van der Waals surface area contributed by atoms with Crippen molar-refractivity contribution in [3.05, 3.63) is 11.6 Å². The number of hydrogen-bond acceptors (Lipinski definition) is 2. The molecule has 0 saturated heterocycles. The lowest BCUT2D eigenvalue weighted by molar-refractivity contribution is -0.145. The summed E-state index contributed by atoms with van der Waals surface area (Å²) in [4.78, 5) is 11.4. The molecule has 0 unspecified atom stereocenters. The Balaban J connectivity index is 2.34. The van der Waals surface area contributed by atoms with Gasteiger partial charge in [-0.15, -0.1) is 0 Å². The number of rotatable bonds is 2. The Morgan fingerprint density at radius 1 is 1.31 bits per heavy atom. The van der Waals surface area contributed by atoms with E-state index in [1.54, 1.807) is 13.0 Å². The molecule has 0 aromatic carbocycles. The molecular weight excluding hydrogens is 164 g/mol. The van der Waals surface area contributed by atoms with Crippen LogP contribution in [-0.2, 0) is 9.53 Å². The van der Waals surface area contributed by atoms with E-state index in [9.17, 15) is 4.79 Å². The van der Waals surface area contributed by atoms with E-state index < -0.39 is 0 Å². The molecule has 2 heteroatoms. The van der Waals surface area contributed by atoms with Gasteiger partial charge in [0.1, 0.15) is 6.10 Å². The number of ether oxygens (including phenoxy) is 1. The molecule has 0 heterocycles. The SMILES string of the molecule is C/C=C(\C)C(=O)OC1CCCCC1. The molecule has 1 rings (SSSR count). The van der Waals surface area contributed by atoms with Crippen LogP contribution in [0.1, 0.15) is 46.0 Å². The normalized spacial score (nSPS) is 20.0. The van der Waals surface area contributed by atoms with E-state index in [1.807, 2.05) is 6.92 Å². The van der Waals surface area contributed by atoms with E-state index >= 15 is 0 Å². The minimum atomic E-state index is -0.144. The summed E-state index contributed by atoms with van der Waals surface area (Å²) < 4.78 is 5.34. The van der Waals surface area contributed by atoms with Crippen LogP contribution >= 0.6 is 0 Å². The van der Waals surface area contributed by atoms with Gasteiger partial charge in [0.25, 0.3) is 0 Å². The summed E-state index contributed by atoms with van der Waals surface area (Å²) in [6.45, 7) is 3.66. The first-order valence-electron chi connectivity index (χ1n) is 5.08. The predicted molar refractivity (Wildman–Crippen MR) is 52.4 cm³/mol. The molecule has 74 valence electrons. The van der Waals surface area contributed by atoms with Crippen LogP contribution in [0.4, 0.5) is 0 Å². The highest BCUT2D eigenvalue weighted by Gasteiger charge is 2.17. The van der Waals surface area contributed by atoms with Crippen LogP contribution < -0.4 is 0 Å². The third-order valence-electron chi connectivity index (χ3n) is 2.58. The van der Waals surface area contributed by atoms with Crippen molar-refractivity contribution in [1.29, 1.82) is 0 Å². The highest BCUT2D eigenvalue weighted by molar-refractivity contribution is 5.87. The molecule has 13 heavy (non-hydrogen) atoms. The monoisotopic (exact) mass is 182 g/mol. The molecule has 2 nitrogen and oxygen atoms in total. The third kappa shape index (κ3) is 3.21. The molecule has 1 aliphatic carbocycles. The number of allylic oxidation sites excluding steroid dienone is 1. The molecule has 1 saturated carbocycles. The molecule has 0 aromatic rings. The summed E-state index contributed by atoms with van der Waals surface area (Å²) in [7, 11) is 0. The zero-order valence-electron chi connectivity index (χ0n) is 8.51. The van der Waals surface area contributed by atoms with Gasteiger partial charge >= 0.3 is 5.97 Å². The lowest BCUT2D eigenvalue weighted by Crippen LogP contribution is -2.21. The lowest BCUT2D eigenvalue weighted by atomic mass is 9.98. The summed E-state index contributed by atoms with van der Waals surface area (Å²) >= 11 is 0. The van der Waals surface area contributed by atoms with Gasteiger partial charge < -0.3 is 4.74 Å². The minimum absolute atomic E-state index is 0.144. The molecule has 1 fully saturated rings. The Hall–Kier alpha value is -0.790. The second-order valence-corrected chi connectivity index (χ2v) is 3.64. The summed E-state index contributed by atoms with van der Waals surface area (Å²) in [6, 6.07) is 0. The molecule has 0 atom stereocenters. The maximum absolute atomic E-state index is 11.4. The second kappa shape index (κ2) is 5.05. The van der Waals surface area contributed by atoms with E-state index in [0.717, 1.165) is 12.8 Å². The first-order valence-corrected chi connectivity index (χ1v) is 5.08. The van der Waals surface area contributed by atoms with E-state index in [4.69, 9.17) is 4.74 Å². The Morgan fingerprint density at radius 2 is 1.92 bits per heavy atom. The Bertz CT molecular complexity index is 200. The van der Waals surface area contributed by atoms with Crippen LogP contribution in [-0.4, -0.2) is 12.1 Å². The van der Waals surface area contributed by atoms with Crippen molar-refractivity contribution in [2.24, 2.45) is 0 Å². The van der Waals surface area contributed by atoms with Gasteiger partial charge in [-0.25, -0.2) is 4.79 Å². The summed E-state index contributed by atoms with van der Waals surface area (Å²) in [5, 5.41) is 0. The highest BCUT2D eigenvalue weighted by Crippen LogP contribution is 2.21. The molecule has 0 spiro atoms. The number of hydrogen-bond donors (Lipinski definition) is 0. The van der Waals surface area contributed by atoms with E-state index in [1.165, 1.54) is 19.3 Å². The van der Waals surface area contributed by atoms with Crippen LogP contribution in [0.5, 0.6) is 0 Å². The van der Waals surface area contributed by atoms with Gasteiger partial charge in [0.2, 0.25) is 0 Å². The fourth-order valence-corrected chi connectivity index (χ4v) is 1.55. The van der Waals surface area contributed by atoms with Crippen molar-refractivity contribution in [3.63, 3.8) is 0 Å². The van der Waals surface area contributed by atoms with Crippen molar-refractivity contribution >= 4 is 5.97 Å². The lowest BCUT2D eigenvalue weighted by Gasteiger charge is -2.21. The summed E-state index contributed by atoms with van der Waals surface area (Å²) in [5.74, 6) is -0.144. The van der Waals surface area contributed by atoms with Crippen LogP contribution in [0.25, 0.3) is 0 Å². The van der Waals surface area contributed by atoms with Gasteiger partial charge in [-0.05, 0) is 39.5 Å². The quantitative estimate of drug-likeness (QED) is 0.485. The Morgan fingerprint density at radius 3 is 2.46 bits per heavy atom. The Kier molecular flexibility index (Phi) is 4.00. The van der Waals surface area contributed by atoms with Crippen molar-refractivity contribution in [1.82, 2.24) is 0 Å². The predicted octanol–water partition coefficient (Wildman–Crippen LogP) is 2.83. The van der Waals surface area contributed by atoms with Gasteiger partial charge in [0.05, 0.1) is 0 Å². The smallest absolute Gasteiger partial charge is 0.333 e. The zero-order valence-corrected chi connectivity index (χ0v) is 8.51. The van der Waals surface area contributed by atoms with Crippen molar-refractivity contribution in [2.75, 3.05) is 0 Å². The fourth-order valence-electron chi connectivity index (χ4n) is 1.55. The van der Waals surface area contributed by atoms with Crippen LogP contribution in [0.15, 0.2) is 11.6 Å². The van der Waals surface area contributed by atoms with Gasteiger partial charge in [-0.3, -0.25) is 0 Å². The standard InChI is InChI=1S/C11H18O2/c1-3-9(2)11(12)13-10-7-5-4-6-8-10/h3,10H,4-8H2,1-2H3/b9-3+. The molecule has 1 aliphatic rings. The first-order chi connectivity index (χ1) is 6.24. The van der Waals surface area contributed by atoms with Crippen LogP contribution in [0.3, 0.4) is 0 Å². The zero-order chi connectivity index (χ0) is 9.68. The van der Waals surface area contributed by atoms with Gasteiger partial charge in [0, 0.05) is 5.57 Å². The van der Waals surface area contributed by atoms with Gasteiger partial charge in [-0.1, -0.05) is 12.5 Å². The average molecular weight is 182 g/mol. The molecule has 0 amide bonds. The molecule has 0 N–H and O–H groups in total. The molecular formula is C11H18O2. The van der Waals surface area contributed by atoms with Crippen LogP contribution in [0.2, 0.25) is 0 Å². The largest absolute Gasteiger partial charge is 0.459 e. The second-order valence-electron chi connectivity index (χ2n) is 3.64. The fraction of sp³-hybridized carbons (Fsp3) is 0.727. The first kappa shape index (κ1) is 10.3. The maximum atomic E-state index is 11.4. The Labute approximate surface area is 80.0 Å². The summed E-state index contributed by atoms with van der Waals surface area (Å²) in [6.07, 6.45) is 7.75. The topological polar surface area (TPSA) is 26.3 Å². The number of carbonyl (C=O) groups excluding carboxylic acids is 1. The highest BCUT2D eigenvalue weighted by atomic mass is 16.5. The third-order valence-corrected chi connectivity index (χ3v) is 2.58. The van der Waals surface area contributed by atoms with Crippen molar-refractivity contribution in [2.45, 2.75) is 52.1 Å². The number of carbonyl (C=O) groups is 1. The maximum Gasteiger partial charge on any atom is 0.333 e. The molecule has 0 aliphatic heterocycles. The van der Waals surface area contributed by atoms with Crippen molar-refractivity contribution < 1.29 is 9.53 Å². The number of esters is 1. The van der Waals surface area contributed by atoms with E-state index in [0.29, 0.717) is 5.57 Å². The van der Waals surface area contributed by atoms with Crippen molar-refractivity contribution in [3.8, 4) is 0 Å². The van der Waals surface area contributed by atoms with Gasteiger partial charge in [-0.2, -0.15) is 0 Å². The summed E-state index contributed by atoms with van der Waals surface area (Å²) in [5.41, 5.74) is 0.713. The van der Waals surface area contributed by atoms with E-state index in [2.05, 4.69) is 0 Å². The molecule has 0 aromatic heterocycles. The average Bonchev–Trinajstić information content (AvgIpc) is 2.18. The molecule has 0 bridgehead atoms.